The number of imidazole rings is 1. The van der Waals surface area contributed by atoms with Gasteiger partial charge in [0.1, 0.15) is 11.6 Å². The molecule has 0 aliphatic heterocycles. The van der Waals surface area contributed by atoms with Crippen LogP contribution in [-0.4, -0.2) is 37.0 Å². The van der Waals surface area contributed by atoms with Crippen LogP contribution in [0.4, 0.5) is 26.2 Å². The van der Waals surface area contributed by atoms with Crippen molar-refractivity contribution in [3.8, 4) is 11.4 Å². The van der Waals surface area contributed by atoms with Gasteiger partial charge in [-0.2, -0.15) is 9.37 Å². The van der Waals surface area contributed by atoms with E-state index in [2.05, 4.69) is 40.5 Å². The van der Waals surface area contributed by atoms with Gasteiger partial charge >= 0.3 is 0 Å². The summed E-state index contributed by atoms with van der Waals surface area (Å²) in [6, 6.07) is 4.70. The maximum absolute atomic E-state index is 14.3. The highest BCUT2D eigenvalue weighted by atomic mass is 19.1. The highest BCUT2D eigenvalue weighted by molar-refractivity contribution is 5.74. The molecule has 0 fully saturated rings. The number of hydrogen-bond acceptors (Lipinski definition) is 7. The van der Waals surface area contributed by atoms with E-state index in [0.29, 0.717) is 28.6 Å². The lowest BCUT2D eigenvalue weighted by atomic mass is 10.1. The van der Waals surface area contributed by atoms with Crippen molar-refractivity contribution in [3.63, 3.8) is 0 Å². The molecule has 10 heteroatoms. The second-order valence-electron chi connectivity index (χ2n) is 5.75. The SMILES string of the molecule is CNc1ncc(Nc2nc3nc(-c4ccc(C)c(F)c4)[nH]c3nc2F)cn1. The molecule has 27 heavy (non-hydrogen) atoms. The summed E-state index contributed by atoms with van der Waals surface area (Å²) in [4.78, 5) is 23.2. The zero-order chi connectivity index (χ0) is 19.0. The Kier molecular flexibility index (Phi) is 4.07. The van der Waals surface area contributed by atoms with E-state index in [1.807, 2.05) is 0 Å². The van der Waals surface area contributed by atoms with E-state index < -0.39 is 5.95 Å². The molecule has 3 aromatic heterocycles. The molecular formula is C17H14F2N8. The number of nitrogens with zero attached hydrogens (tertiary/aromatic N) is 5. The van der Waals surface area contributed by atoms with Crippen LogP contribution in [0.2, 0.25) is 0 Å². The van der Waals surface area contributed by atoms with Gasteiger partial charge in [-0.3, -0.25) is 0 Å². The van der Waals surface area contributed by atoms with Crippen molar-refractivity contribution in [3.05, 3.63) is 47.9 Å². The molecular weight excluding hydrogens is 354 g/mol. The van der Waals surface area contributed by atoms with Crippen molar-refractivity contribution in [1.82, 2.24) is 29.9 Å². The van der Waals surface area contributed by atoms with Crippen LogP contribution in [0.5, 0.6) is 0 Å². The van der Waals surface area contributed by atoms with Crippen molar-refractivity contribution in [1.29, 1.82) is 0 Å². The van der Waals surface area contributed by atoms with Gasteiger partial charge in [-0.1, -0.05) is 12.1 Å². The van der Waals surface area contributed by atoms with Crippen LogP contribution in [0, 0.1) is 18.7 Å². The molecule has 1 aromatic carbocycles. The summed E-state index contributed by atoms with van der Waals surface area (Å²) in [5, 5.41) is 5.55. The minimum absolute atomic E-state index is 0.114. The fourth-order valence-corrected chi connectivity index (χ4v) is 2.43. The molecule has 3 heterocycles. The predicted molar refractivity (Wildman–Crippen MR) is 96.6 cm³/mol. The quantitative estimate of drug-likeness (QED) is 0.508. The molecule has 0 saturated heterocycles. The van der Waals surface area contributed by atoms with Crippen molar-refractivity contribution < 1.29 is 8.78 Å². The van der Waals surface area contributed by atoms with Gasteiger partial charge in [-0.05, 0) is 18.6 Å². The predicted octanol–water partition coefficient (Wildman–Crippen LogP) is 3.18. The number of nitrogens with one attached hydrogen (secondary N) is 3. The lowest BCUT2D eigenvalue weighted by Crippen LogP contribution is -2.02. The molecule has 0 atom stereocenters. The first kappa shape index (κ1) is 16.8. The summed E-state index contributed by atoms with van der Waals surface area (Å²) >= 11 is 0. The summed E-state index contributed by atoms with van der Waals surface area (Å²) < 4.78 is 28.1. The van der Waals surface area contributed by atoms with E-state index in [-0.39, 0.29) is 22.9 Å². The number of benzene rings is 1. The van der Waals surface area contributed by atoms with Gasteiger partial charge in [0.15, 0.2) is 17.1 Å². The molecule has 0 bridgehead atoms. The average Bonchev–Trinajstić information content (AvgIpc) is 3.07. The van der Waals surface area contributed by atoms with Crippen LogP contribution < -0.4 is 10.6 Å². The fraction of sp³-hybridized carbons (Fsp3) is 0.118. The first-order valence-corrected chi connectivity index (χ1v) is 8.00. The van der Waals surface area contributed by atoms with E-state index in [1.54, 1.807) is 26.1 Å². The molecule has 0 radical (unpaired) electrons. The van der Waals surface area contributed by atoms with Crippen LogP contribution in [0.1, 0.15) is 5.56 Å². The molecule has 0 amide bonds. The standard InChI is InChI=1S/C17H14F2N8/c1-8-3-4-9(5-11(8)18)13-25-15-16(26-13)27-14(12(19)24-15)23-10-6-21-17(20-2)22-7-10/h3-7H,1-2H3,(H,20,21,22)(H2,23,24,25,26,27). The van der Waals surface area contributed by atoms with Crippen molar-refractivity contribution in [2.24, 2.45) is 0 Å². The Morgan fingerprint density at radius 1 is 1.04 bits per heavy atom. The van der Waals surface area contributed by atoms with Gasteiger partial charge in [-0.25, -0.2) is 24.3 Å². The van der Waals surface area contributed by atoms with Gasteiger partial charge in [0.25, 0.3) is 5.95 Å². The number of aryl methyl sites for hydroxylation is 1. The molecule has 0 spiro atoms. The first-order chi connectivity index (χ1) is 13.0. The number of halogens is 2. The molecule has 3 N–H and O–H groups in total. The van der Waals surface area contributed by atoms with Crippen LogP contribution in [0.3, 0.4) is 0 Å². The van der Waals surface area contributed by atoms with Crippen LogP contribution in [-0.2, 0) is 0 Å². The largest absolute Gasteiger partial charge is 0.357 e. The van der Waals surface area contributed by atoms with Crippen molar-refractivity contribution in [2.45, 2.75) is 6.92 Å². The summed E-state index contributed by atoms with van der Waals surface area (Å²) in [5.41, 5.74) is 1.84. The summed E-state index contributed by atoms with van der Waals surface area (Å²) in [6.45, 7) is 1.67. The van der Waals surface area contributed by atoms with Gasteiger partial charge < -0.3 is 15.6 Å². The van der Waals surface area contributed by atoms with Crippen LogP contribution in [0.25, 0.3) is 22.7 Å². The van der Waals surface area contributed by atoms with Gasteiger partial charge in [0.05, 0.1) is 18.1 Å². The Bertz CT molecular complexity index is 1120. The second-order valence-corrected chi connectivity index (χ2v) is 5.75. The van der Waals surface area contributed by atoms with Crippen LogP contribution in [0.15, 0.2) is 30.6 Å². The minimum Gasteiger partial charge on any atom is -0.357 e. The first-order valence-electron chi connectivity index (χ1n) is 8.00. The molecule has 0 aliphatic carbocycles. The van der Waals surface area contributed by atoms with Gasteiger partial charge in [-0.15, -0.1) is 0 Å². The zero-order valence-corrected chi connectivity index (χ0v) is 14.4. The third-order valence-electron chi connectivity index (χ3n) is 3.87. The number of aromatic nitrogens is 6. The Morgan fingerprint density at radius 3 is 2.52 bits per heavy atom. The fourth-order valence-electron chi connectivity index (χ4n) is 2.43. The number of rotatable bonds is 4. The third kappa shape index (κ3) is 3.24. The zero-order valence-electron chi connectivity index (χ0n) is 14.4. The Labute approximate surface area is 152 Å². The van der Waals surface area contributed by atoms with E-state index in [9.17, 15) is 8.78 Å². The second kappa shape index (κ2) is 6.56. The Morgan fingerprint density at radius 2 is 1.81 bits per heavy atom. The van der Waals surface area contributed by atoms with E-state index in [4.69, 9.17) is 0 Å². The van der Waals surface area contributed by atoms with E-state index >= 15 is 0 Å². The molecule has 0 saturated carbocycles. The lowest BCUT2D eigenvalue weighted by molar-refractivity contribution is 0.587. The summed E-state index contributed by atoms with van der Waals surface area (Å²) in [7, 11) is 1.69. The molecule has 4 rings (SSSR count). The normalized spacial score (nSPS) is 11.0. The smallest absolute Gasteiger partial charge is 0.258 e. The topological polar surface area (TPSA) is 104 Å². The van der Waals surface area contributed by atoms with Crippen molar-refractivity contribution >= 4 is 28.7 Å². The number of anilines is 3. The van der Waals surface area contributed by atoms with E-state index in [0.717, 1.165) is 0 Å². The summed E-state index contributed by atoms with van der Waals surface area (Å²) in [5.74, 6) is -0.499. The lowest BCUT2D eigenvalue weighted by Gasteiger charge is -2.05. The van der Waals surface area contributed by atoms with Gasteiger partial charge in [0, 0.05) is 12.6 Å². The third-order valence-corrected chi connectivity index (χ3v) is 3.87. The van der Waals surface area contributed by atoms with E-state index in [1.165, 1.54) is 18.5 Å². The Balaban J connectivity index is 1.69. The number of fused-ring (bicyclic) bond motifs is 1. The maximum Gasteiger partial charge on any atom is 0.258 e. The van der Waals surface area contributed by atoms with Crippen LogP contribution >= 0.6 is 0 Å². The highest BCUT2D eigenvalue weighted by Crippen LogP contribution is 2.23. The molecule has 0 aliphatic rings. The number of H-pyrrole nitrogens is 1. The average molecular weight is 368 g/mol. The van der Waals surface area contributed by atoms with Gasteiger partial charge in [0.2, 0.25) is 5.95 Å². The summed E-state index contributed by atoms with van der Waals surface area (Å²) in [6.07, 6.45) is 2.96. The monoisotopic (exact) mass is 368 g/mol. The molecule has 0 unspecified atom stereocenters. The Hall–Kier alpha value is -3.69. The molecule has 136 valence electrons. The highest BCUT2D eigenvalue weighted by Gasteiger charge is 2.14. The minimum atomic E-state index is -0.814. The number of hydrogen-bond donors (Lipinski definition) is 3. The molecule has 4 aromatic rings. The van der Waals surface area contributed by atoms with Crippen molar-refractivity contribution in [2.75, 3.05) is 17.7 Å². The molecule has 8 nitrogen and oxygen atoms in total. The number of aromatic amines is 1. The maximum atomic E-state index is 14.3.